The maximum Gasteiger partial charge on any atom is 0.488 e. The van der Waals surface area contributed by atoms with Crippen molar-refractivity contribution in [2.24, 2.45) is 23.7 Å². The highest BCUT2D eigenvalue weighted by molar-refractivity contribution is 9.12. The van der Waals surface area contributed by atoms with Crippen molar-refractivity contribution in [2.45, 2.75) is 12.8 Å². The number of rotatable bonds is 5. The Kier molecular flexibility index (Phi) is 7.12. The molecule has 212 valence electrons. The summed E-state index contributed by atoms with van der Waals surface area (Å²) in [6.45, 7) is 0. The van der Waals surface area contributed by atoms with Gasteiger partial charge in [-0.05, 0) is 70.0 Å². The first-order valence-corrected chi connectivity index (χ1v) is 14.2. The van der Waals surface area contributed by atoms with Gasteiger partial charge < -0.3 is 19.9 Å². The molecule has 2 aromatic carbocycles. The minimum Gasteiger partial charge on any atom is -0.504 e. The molecule has 1 aliphatic heterocycles. The van der Waals surface area contributed by atoms with E-state index in [9.17, 15) is 34.3 Å². The van der Waals surface area contributed by atoms with Crippen LogP contribution in [0.25, 0.3) is 6.08 Å². The van der Waals surface area contributed by atoms with Crippen LogP contribution in [0.1, 0.15) is 18.4 Å². The molecule has 6 rings (SSSR count). The van der Waals surface area contributed by atoms with Crippen molar-refractivity contribution < 1.29 is 39.1 Å². The zero-order valence-corrected chi connectivity index (χ0v) is 23.9. The Hall–Kier alpha value is -4.06. The number of methoxy groups -OCH3 is 1. The first-order chi connectivity index (χ1) is 20.1. The van der Waals surface area contributed by atoms with E-state index in [-0.39, 0.29) is 57.4 Å². The predicted octanol–water partition coefficient (Wildman–Crippen LogP) is 2.59. The van der Waals surface area contributed by atoms with Gasteiger partial charge in [0, 0.05) is 23.1 Å². The number of nitrogens with zero attached hydrogens (tertiary/aromatic N) is 1. The summed E-state index contributed by atoms with van der Waals surface area (Å²) in [5.41, 5.74) is 2.55. The van der Waals surface area contributed by atoms with Crippen LogP contribution in [0.2, 0.25) is 0 Å². The lowest BCUT2D eigenvalue weighted by molar-refractivity contribution is -0.123. The van der Waals surface area contributed by atoms with E-state index in [1.54, 1.807) is 30.3 Å². The fourth-order valence-corrected chi connectivity index (χ4v) is 7.02. The fourth-order valence-electron chi connectivity index (χ4n) is 6.57. The Morgan fingerprint density at radius 2 is 1.83 bits per heavy atom. The van der Waals surface area contributed by atoms with Crippen molar-refractivity contribution in [3.63, 3.8) is 0 Å². The number of hydrogen-bond donors (Lipinski definition) is 3. The van der Waals surface area contributed by atoms with Gasteiger partial charge in [-0.15, -0.1) is 0 Å². The number of benzene rings is 2. The second-order valence-corrected chi connectivity index (χ2v) is 11.6. The topological polar surface area (TPSA) is 141 Å². The van der Waals surface area contributed by atoms with E-state index in [0.717, 1.165) is 10.5 Å². The third-order valence-electron chi connectivity index (χ3n) is 8.49. The van der Waals surface area contributed by atoms with Gasteiger partial charge in [-0.25, -0.2) is 0 Å². The zero-order valence-electron chi connectivity index (χ0n) is 22.4. The number of phenolic OH excluding ortho intramolecular Hbond substituents is 1. The molecule has 9 nitrogen and oxygen atoms in total. The SMILES string of the molecule is COc1cc(C=CC2C3=CCC4C(=O)N(c5cccc(B(O)O)c5)C(=O)C4C3CC3=C2C(=O)C=C(Br)C3=O)ccc1O. The van der Waals surface area contributed by atoms with Gasteiger partial charge in [-0.2, -0.15) is 0 Å². The van der Waals surface area contributed by atoms with Crippen molar-refractivity contribution in [1.82, 2.24) is 0 Å². The highest BCUT2D eigenvalue weighted by Gasteiger charge is 2.56. The van der Waals surface area contributed by atoms with Crippen LogP contribution in [-0.4, -0.2) is 52.8 Å². The average molecular weight is 630 g/mol. The molecule has 0 bridgehead atoms. The normalized spacial score (nSPS) is 25.3. The van der Waals surface area contributed by atoms with Crippen LogP contribution in [0.5, 0.6) is 11.5 Å². The maximum absolute atomic E-state index is 14.0. The van der Waals surface area contributed by atoms with E-state index >= 15 is 0 Å². The van der Waals surface area contributed by atoms with Gasteiger partial charge in [-0.3, -0.25) is 24.1 Å². The number of ether oxygens (including phenoxy) is 1. The standard InChI is InChI=1S/C31H25BBrNO8/c1-42-26-11-15(6-10-24(26)35)5-7-19-18-8-9-20-28(21(18)13-22-27(19)25(36)14-23(33)29(22)37)31(39)34(30(20)38)17-4-2-3-16(12-17)32(40)41/h2-8,10-12,14,19-21,28,35,40-41H,9,13H2,1H3. The monoisotopic (exact) mass is 629 g/mol. The van der Waals surface area contributed by atoms with Crippen LogP contribution < -0.4 is 15.1 Å². The van der Waals surface area contributed by atoms with Crippen LogP contribution >= 0.6 is 15.9 Å². The molecule has 4 unspecified atom stereocenters. The molecule has 42 heavy (non-hydrogen) atoms. The lowest BCUT2D eigenvalue weighted by Crippen LogP contribution is -2.40. The van der Waals surface area contributed by atoms with E-state index in [2.05, 4.69) is 15.9 Å². The van der Waals surface area contributed by atoms with Gasteiger partial charge in [0.1, 0.15) is 0 Å². The minimum absolute atomic E-state index is 0.0190. The van der Waals surface area contributed by atoms with Crippen molar-refractivity contribution in [3.8, 4) is 11.5 Å². The molecular weight excluding hydrogens is 605 g/mol. The quantitative estimate of drug-likeness (QED) is 0.198. The summed E-state index contributed by atoms with van der Waals surface area (Å²) in [4.78, 5) is 55.3. The number of amides is 2. The molecule has 4 aliphatic rings. The number of aromatic hydroxyl groups is 1. The van der Waals surface area contributed by atoms with Gasteiger partial charge in [-0.1, -0.05) is 42.0 Å². The van der Waals surface area contributed by atoms with Crippen molar-refractivity contribution in [1.29, 1.82) is 0 Å². The van der Waals surface area contributed by atoms with E-state index in [4.69, 9.17) is 4.74 Å². The van der Waals surface area contributed by atoms with Crippen LogP contribution in [-0.2, 0) is 19.2 Å². The van der Waals surface area contributed by atoms with Gasteiger partial charge in [0.25, 0.3) is 0 Å². The molecule has 3 N–H and O–H groups in total. The molecule has 0 saturated carbocycles. The summed E-state index contributed by atoms with van der Waals surface area (Å²) in [6.07, 6.45) is 7.18. The molecule has 0 radical (unpaired) electrons. The van der Waals surface area contributed by atoms with E-state index in [1.807, 2.05) is 12.2 Å². The summed E-state index contributed by atoms with van der Waals surface area (Å²) < 4.78 is 5.36. The number of hydrogen-bond acceptors (Lipinski definition) is 8. The van der Waals surface area contributed by atoms with Crippen LogP contribution in [0.15, 0.2) is 81.9 Å². The third kappa shape index (κ3) is 4.48. The number of Topliss-reactive ketones (excluding diaryl/α,β-unsaturated/α-hetero) is 1. The molecule has 2 amide bonds. The third-order valence-corrected chi connectivity index (χ3v) is 9.08. The highest BCUT2D eigenvalue weighted by Crippen LogP contribution is 2.53. The first kappa shape index (κ1) is 28.1. The second-order valence-electron chi connectivity index (χ2n) is 10.7. The molecule has 1 saturated heterocycles. The van der Waals surface area contributed by atoms with E-state index < -0.39 is 36.7 Å². The summed E-state index contributed by atoms with van der Waals surface area (Å²) in [7, 11) is -0.323. The number of allylic oxidation sites excluding steroid dienone is 7. The van der Waals surface area contributed by atoms with Gasteiger partial charge >= 0.3 is 7.12 Å². The van der Waals surface area contributed by atoms with Gasteiger partial charge in [0.2, 0.25) is 11.8 Å². The summed E-state index contributed by atoms with van der Waals surface area (Å²) in [5.74, 6) is -3.71. The Bertz CT molecular complexity index is 1690. The Labute approximate surface area is 249 Å². The first-order valence-electron chi connectivity index (χ1n) is 13.4. The average Bonchev–Trinajstić information content (AvgIpc) is 3.24. The minimum atomic E-state index is -1.76. The Morgan fingerprint density at radius 1 is 1.05 bits per heavy atom. The molecular formula is C31H25BBrNO8. The number of fused-ring (bicyclic) bond motifs is 3. The second kappa shape index (κ2) is 10.7. The molecule has 3 aliphatic carbocycles. The molecule has 2 aromatic rings. The molecule has 4 atom stereocenters. The number of carbonyl (C=O) groups excluding carboxylic acids is 4. The number of phenols is 1. The fraction of sp³-hybridized carbons (Fsp3) is 0.226. The van der Waals surface area contributed by atoms with Gasteiger partial charge in [0.05, 0.1) is 29.1 Å². The number of ketones is 2. The zero-order chi connectivity index (χ0) is 29.9. The highest BCUT2D eigenvalue weighted by atomic mass is 79.9. The van der Waals surface area contributed by atoms with Crippen LogP contribution in [0.3, 0.4) is 0 Å². The summed E-state index contributed by atoms with van der Waals surface area (Å²) in [6, 6.07) is 10.8. The number of carbonyl (C=O) groups is 4. The summed E-state index contributed by atoms with van der Waals surface area (Å²) in [5, 5.41) is 29.2. The molecule has 11 heteroatoms. The maximum atomic E-state index is 14.0. The van der Waals surface area contributed by atoms with Crippen LogP contribution in [0, 0.1) is 23.7 Å². The smallest absolute Gasteiger partial charge is 0.488 e. The molecule has 1 heterocycles. The van der Waals surface area contributed by atoms with Crippen molar-refractivity contribution in [2.75, 3.05) is 12.0 Å². The Morgan fingerprint density at radius 3 is 2.57 bits per heavy atom. The van der Waals surface area contributed by atoms with Crippen LogP contribution in [0.4, 0.5) is 5.69 Å². The molecule has 0 aromatic heterocycles. The van der Waals surface area contributed by atoms with E-state index in [1.165, 1.54) is 31.4 Å². The lowest BCUT2D eigenvalue weighted by Gasteiger charge is -2.41. The van der Waals surface area contributed by atoms with Crippen molar-refractivity contribution >= 4 is 63.7 Å². The molecule has 0 spiro atoms. The summed E-state index contributed by atoms with van der Waals surface area (Å²) >= 11 is 3.21. The number of anilines is 1. The predicted molar refractivity (Wildman–Crippen MR) is 158 cm³/mol. The molecule has 1 fully saturated rings. The Balaban J connectivity index is 1.42. The van der Waals surface area contributed by atoms with Crippen molar-refractivity contribution in [3.05, 3.63) is 87.5 Å². The largest absolute Gasteiger partial charge is 0.504 e. The number of halogens is 1. The van der Waals surface area contributed by atoms with E-state index in [0.29, 0.717) is 16.7 Å². The lowest BCUT2D eigenvalue weighted by atomic mass is 9.61. The van der Waals surface area contributed by atoms with Gasteiger partial charge in [0.15, 0.2) is 23.1 Å². The number of imide groups is 1.